The SMILES string of the molecule is CNc1nc(OC)ccc1N.[Cl-].[Cl-].[H+].[H+]. The molecule has 0 radical (unpaired) electrons. The van der Waals surface area contributed by atoms with Crippen LogP contribution in [0.25, 0.3) is 0 Å². The molecule has 1 aromatic heterocycles. The summed E-state index contributed by atoms with van der Waals surface area (Å²) in [4.78, 5) is 4.05. The number of hydrogen-bond donors (Lipinski definition) is 2. The number of nitrogens with one attached hydrogen (secondary N) is 1. The molecule has 76 valence electrons. The zero-order valence-corrected chi connectivity index (χ0v) is 8.86. The van der Waals surface area contributed by atoms with Gasteiger partial charge in [-0.1, -0.05) is 0 Å². The Bertz CT molecular complexity index is 266. The van der Waals surface area contributed by atoms with Crippen LogP contribution in [-0.2, 0) is 0 Å². The Balaban J connectivity index is -0.000000151. The van der Waals surface area contributed by atoms with Crippen LogP contribution in [0.2, 0.25) is 0 Å². The third kappa shape index (κ3) is 3.57. The zero-order valence-electron chi connectivity index (χ0n) is 9.34. The monoisotopic (exact) mass is 225 g/mol. The Kier molecular flexibility index (Phi) is 7.46. The molecule has 13 heavy (non-hydrogen) atoms. The van der Waals surface area contributed by atoms with E-state index in [0.717, 1.165) is 0 Å². The molecule has 1 rings (SSSR count). The Labute approximate surface area is 92.7 Å². The number of rotatable bonds is 2. The Morgan fingerprint density at radius 2 is 2.08 bits per heavy atom. The number of hydrogen-bond acceptors (Lipinski definition) is 4. The van der Waals surface area contributed by atoms with Crippen LogP contribution < -0.4 is 40.6 Å². The molecule has 1 aromatic rings. The summed E-state index contributed by atoms with van der Waals surface area (Å²) in [5.74, 6) is 1.20. The fourth-order valence-corrected chi connectivity index (χ4v) is 0.766. The quantitative estimate of drug-likeness (QED) is 0.530. The summed E-state index contributed by atoms with van der Waals surface area (Å²) in [6.07, 6.45) is 0. The van der Waals surface area contributed by atoms with E-state index >= 15 is 0 Å². The average molecular weight is 226 g/mol. The topological polar surface area (TPSA) is 60.2 Å². The first-order valence-electron chi connectivity index (χ1n) is 3.26. The molecule has 0 spiro atoms. The molecule has 0 aromatic carbocycles. The smallest absolute Gasteiger partial charge is 1.00 e. The van der Waals surface area contributed by atoms with E-state index in [1.54, 1.807) is 26.3 Å². The van der Waals surface area contributed by atoms with Crippen LogP contribution in [0, 0.1) is 0 Å². The highest BCUT2D eigenvalue weighted by Gasteiger charge is 1.99. The molecule has 0 bridgehead atoms. The van der Waals surface area contributed by atoms with E-state index in [4.69, 9.17) is 10.5 Å². The molecule has 0 aliphatic carbocycles. The molecule has 0 saturated carbocycles. The lowest BCUT2D eigenvalue weighted by Crippen LogP contribution is -3.00. The fourth-order valence-electron chi connectivity index (χ4n) is 0.766. The maximum atomic E-state index is 5.57. The highest BCUT2D eigenvalue weighted by Crippen LogP contribution is 2.18. The van der Waals surface area contributed by atoms with Crippen molar-refractivity contribution < 1.29 is 32.4 Å². The van der Waals surface area contributed by atoms with E-state index in [0.29, 0.717) is 17.4 Å². The van der Waals surface area contributed by atoms with Gasteiger partial charge in [0.05, 0.1) is 12.8 Å². The van der Waals surface area contributed by atoms with Crippen molar-refractivity contribution in [2.75, 3.05) is 25.2 Å². The maximum absolute atomic E-state index is 5.57. The Morgan fingerprint density at radius 3 is 2.54 bits per heavy atom. The maximum Gasteiger partial charge on any atom is 1.00 e. The van der Waals surface area contributed by atoms with Crippen LogP contribution in [0.15, 0.2) is 12.1 Å². The molecule has 0 unspecified atom stereocenters. The largest absolute Gasteiger partial charge is 1.00 e. The minimum absolute atomic E-state index is 0. The molecule has 3 N–H and O–H groups in total. The lowest BCUT2D eigenvalue weighted by molar-refractivity contribution is -0.001000. The number of methoxy groups -OCH3 is 1. The van der Waals surface area contributed by atoms with Gasteiger partial charge in [0.2, 0.25) is 5.88 Å². The van der Waals surface area contributed by atoms with E-state index < -0.39 is 0 Å². The van der Waals surface area contributed by atoms with Crippen molar-refractivity contribution in [3.05, 3.63) is 12.1 Å². The number of nitrogens with two attached hydrogens (primary N) is 1. The predicted molar refractivity (Wildman–Crippen MR) is 47.0 cm³/mol. The van der Waals surface area contributed by atoms with Crippen molar-refractivity contribution in [2.45, 2.75) is 0 Å². The van der Waals surface area contributed by atoms with Gasteiger partial charge in [-0.3, -0.25) is 0 Å². The summed E-state index contributed by atoms with van der Waals surface area (Å²) in [6.45, 7) is 0. The Hall–Kier alpha value is -0.870. The van der Waals surface area contributed by atoms with Gasteiger partial charge in [-0.25, -0.2) is 0 Å². The third-order valence-electron chi connectivity index (χ3n) is 1.35. The summed E-state index contributed by atoms with van der Waals surface area (Å²) < 4.78 is 4.90. The van der Waals surface area contributed by atoms with Gasteiger partial charge in [-0.15, -0.1) is 0 Å². The molecule has 0 aliphatic rings. The number of aromatic nitrogens is 1. The lowest BCUT2D eigenvalue weighted by atomic mass is 10.4. The number of anilines is 2. The second-order valence-electron chi connectivity index (χ2n) is 2.04. The van der Waals surface area contributed by atoms with Gasteiger partial charge in [0.25, 0.3) is 0 Å². The van der Waals surface area contributed by atoms with Crippen LogP contribution >= 0.6 is 0 Å². The summed E-state index contributed by atoms with van der Waals surface area (Å²) in [7, 11) is 3.33. The normalized spacial score (nSPS) is 7.85. The van der Waals surface area contributed by atoms with Gasteiger partial charge < -0.3 is 40.6 Å². The van der Waals surface area contributed by atoms with Crippen LogP contribution in [0.1, 0.15) is 2.85 Å². The standard InChI is InChI=1S/C7H11N3O.2ClH/c1-9-7-5(8)3-4-6(10-7)11-2;;/h3-4H,8H2,1-2H3,(H,9,10);2*1H. The van der Waals surface area contributed by atoms with Crippen LogP contribution in [0.4, 0.5) is 11.5 Å². The number of nitrogen functional groups attached to an aromatic ring is 1. The molecule has 1 heterocycles. The zero-order chi connectivity index (χ0) is 8.27. The molecule has 0 amide bonds. The number of halogens is 2. The first kappa shape index (κ1) is 14.6. The highest BCUT2D eigenvalue weighted by molar-refractivity contribution is 5.61. The highest BCUT2D eigenvalue weighted by atomic mass is 35.5. The minimum atomic E-state index is 0. The summed E-state index contributed by atoms with van der Waals surface area (Å²) in [6, 6.07) is 3.47. The van der Waals surface area contributed by atoms with Crippen molar-refractivity contribution in [2.24, 2.45) is 0 Å². The number of nitrogens with zero attached hydrogens (tertiary/aromatic N) is 1. The molecule has 0 aliphatic heterocycles. The minimum Gasteiger partial charge on any atom is -1.00 e. The van der Waals surface area contributed by atoms with Gasteiger partial charge >= 0.3 is 2.85 Å². The van der Waals surface area contributed by atoms with Crippen LogP contribution in [-0.4, -0.2) is 19.1 Å². The molecular formula is C7H13Cl2N3O. The van der Waals surface area contributed by atoms with Crippen LogP contribution in [0.5, 0.6) is 5.88 Å². The predicted octanol–water partition coefficient (Wildman–Crippen LogP) is -5.05. The van der Waals surface area contributed by atoms with Crippen molar-refractivity contribution in [1.82, 2.24) is 4.98 Å². The molecule has 6 heteroatoms. The lowest BCUT2D eigenvalue weighted by Gasteiger charge is -2.04. The van der Waals surface area contributed by atoms with Crippen molar-refractivity contribution in [1.29, 1.82) is 0 Å². The number of ether oxygens (including phenoxy) is 1. The molecule has 0 saturated heterocycles. The van der Waals surface area contributed by atoms with Gasteiger partial charge in [0.1, 0.15) is 0 Å². The second kappa shape index (κ2) is 6.62. The molecule has 0 atom stereocenters. The average Bonchev–Trinajstić information content (AvgIpc) is 2.05. The first-order chi connectivity index (χ1) is 5.27. The Morgan fingerprint density at radius 1 is 1.46 bits per heavy atom. The van der Waals surface area contributed by atoms with E-state index in [9.17, 15) is 0 Å². The van der Waals surface area contributed by atoms with Crippen molar-refractivity contribution >= 4 is 11.5 Å². The van der Waals surface area contributed by atoms with Gasteiger partial charge in [-0.2, -0.15) is 4.98 Å². The third-order valence-corrected chi connectivity index (χ3v) is 1.35. The van der Waals surface area contributed by atoms with E-state index in [-0.39, 0.29) is 27.7 Å². The van der Waals surface area contributed by atoms with E-state index in [1.807, 2.05) is 0 Å². The summed E-state index contributed by atoms with van der Waals surface area (Å²) >= 11 is 0. The van der Waals surface area contributed by atoms with Crippen molar-refractivity contribution in [3.63, 3.8) is 0 Å². The van der Waals surface area contributed by atoms with E-state index in [1.165, 1.54) is 0 Å². The molecule has 0 fully saturated rings. The second-order valence-corrected chi connectivity index (χ2v) is 2.04. The fraction of sp³-hybridized carbons (Fsp3) is 0.286. The van der Waals surface area contributed by atoms with Gasteiger partial charge in [0.15, 0.2) is 5.82 Å². The van der Waals surface area contributed by atoms with Gasteiger partial charge in [0, 0.05) is 13.1 Å². The molecule has 4 nitrogen and oxygen atoms in total. The number of pyridine rings is 1. The van der Waals surface area contributed by atoms with Crippen LogP contribution in [0.3, 0.4) is 0 Å². The molecular weight excluding hydrogens is 213 g/mol. The van der Waals surface area contributed by atoms with Gasteiger partial charge in [-0.05, 0) is 6.07 Å². The summed E-state index contributed by atoms with van der Waals surface area (Å²) in [5.41, 5.74) is 6.19. The van der Waals surface area contributed by atoms with E-state index in [2.05, 4.69) is 10.3 Å². The van der Waals surface area contributed by atoms with Crippen molar-refractivity contribution in [3.8, 4) is 5.88 Å². The summed E-state index contributed by atoms with van der Waals surface area (Å²) in [5, 5.41) is 2.85. The first-order valence-corrected chi connectivity index (χ1v) is 3.26.